The van der Waals surface area contributed by atoms with Gasteiger partial charge in [0.05, 0.1) is 7.11 Å². The van der Waals surface area contributed by atoms with E-state index in [1.165, 1.54) is 11.1 Å². The first-order valence-electron chi connectivity index (χ1n) is 7.61. The van der Waals surface area contributed by atoms with Crippen LogP contribution in [-0.4, -0.2) is 43.4 Å². The average molecular weight is 275 g/mol. The number of methoxy groups -OCH3 is 1. The zero-order chi connectivity index (χ0) is 14.3. The number of likely N-dealkylation sites (tertiary alicyclic amines) is 1. The lowest BCUT2D eigenvalue weighted by atomic mass is 9.56. The van der Waals surface area contributed by atoms with Crippen molar-refractivity contribution in [3.8, 4) is 5.75 Å². The lowest BCUT2D eigenvalue weighted by Gasteiger charge is -2.55. The highest BCUT2D eigenvalue weighted by Crippen LogP contribution is 2.51. The van der Waals surface area contributed by atoms with E-state index in [-0.39, 0.29) is 12.0 Å². The molecule has 1 heterocycles. The van der Waals surface area contributed by atoms with Crippen LogP contribution in [0.4, 0.5) is 0 Å². The Balaban J connectivity index is 2.14. The van der Waals surface area contributed by atoms with Crippen LogP contribution in [-0.2, 0) is 11.8 Å². The second-order valence-corrected chi connectivity index (χ2v) is 6.44. The van der Waals surface area contributed by atoms with Gasteiger partial charge in [-0.25, -0.2) is 0 Å². The topological polar surface area (TPSA) is 32.7 Å². The van der Waals surface area contributed by atoms with Gasteiger partial charge in [-0.3, -0.25) is 0 Å². The fourth-order valence-corrected chi connectivity index (χ4v) is 4.47. The van der Waals surface area contributed by atoms with Crippen molar-refractivity contribution in [2.45, 2.75) is 37.6 Å². The maximum atomic E-state index is 9.62. The quantitative estimate of drug-likeness (QED) is 0.918. The summed E-state index contributed by atoms with van der Waals surface area (Å²) in [5.74, 6) is 1.51. The molecule has 3 atom stereocenters. The van der Waals surface area contributed by atoms with Crippen LogP contribution >= 0.6 is 0 Å². The number of aliphatic hydroxyl groups excluding tert-OH is 1. The molecule has 1 N–H and O–H groups in total. The fourth-order valence-electron chi connectivity index (χ4n) is 4.47. The number of likely N-dealkylation sites (N-methyl/N-ethyl adjacent to an activating group) is 1. The molecule has 0 spiro atoms. The average Bonchev–Trinajstić information content (AvgIpc) is 2.46. The number of aliphatic hydroxyl groups is 1. The summed E-state index contributed by atoms with van der Waals surface area (Å²) in [4.78, 5) is 2.49. The SMILES string of the molecule is COc1ccc2c(c1)[C@@]1(CCO)CCN(C)[C@H](C2)[C@@H]1C. The molecule has 1 aliphatic heterocycles. The van der Waals surface area contributed by atoms with Crippen molar-refractivity contribution in [1.82, 2.24) is 4.90 Å². The van der Waals surface area contributed by atoms with Crippen LogP contribution in [0.2, 0.25) is 0 Å². The highest BCUT2D eigenvalue weighted by molar-refractivity contribution is 5.45. The van der Waals surface area contributed by atoms with Crippen LogP contribution in [0.5, 0.6) is 5.75 Å². The van der Waals surface area contributed by atoms with Crippen molar-refractivity contribution in [1.29, 1.82) is 0 Å². The maximum absolute atomic E-state index is 9.62. The minimum absolute atomic E-state index is 0.119. The standard InChI is InChI=1S/C17H25NO2/c1-12-16-10-13-4-5-14(20-3)11-15(13)17(12,7-9-19)6-8-18(16)2/h4-5,11-12,16,19H,6-10H2,1-3H3/t12-,16+,17+/m0/s1. The molecule has 1 aromatic carbocycles. The smallest absolute Gasteiger partial charge is 0.119 e. The Morgan fingerprint density at radius 3 is 2.95 bits per heavy atom. The molecule has 0 unspecified atom stereocenters. The molecule has 0 amide bonds. The normalized spacial score (nSPS) is 32.8. The van der Waals surface area contributed by atoms with Gasteiger partial charge >= 0.3 is 0 Å². The molecule has 3 nitrogen and oxygen atoms in total. The second-order valence-electron chi connectivity index (χ2n) is 6.44. The molecule has 0 saturated carbocycles. The Morgan fingerprint density at radius 1 is 1.45 bits per heavy atom. The van der Waals surface area contributed by atoms with Gasteiger partial charge in [0, 0.05) is 18.1 Å². The Bertz CT molecular complexity index is 502. The zero-order valence-corrected chi connectivity index (χ0v) is 12.7. The summed E-state index contributed by atoms with van der Waals surface area (Å²) < 4.78 is 5.42. The largest absolute Gasteiger partial charge is 0.497 e. The van der Waals surface area contributed by atoms with Crippen LogP contribution in [0.25, 0.3) is 0 Å². The van der Waals surface area contributed by atoms with Crippen molar-refractivity contribution in [2.24, 2.45) is 5.92 Å². The molecule has 1 aliphatic carbocycles. The molecular weight excluding hydrogens is 250 g/mol. The van der Waals surface area contributed by atoms with E-state index in [0.717, 1.165) is 31.6 Å². The van der Waals surface area contributed by atoms with Gasteiger partial charge in [-0.1, -0.05) is 13.0 Å². The van der Waals surface area contributed by atoms with E-state index in [0.29, 0.717) is 12.0 Å². The van der Waals surface area contributed by atoms with Crippen molar-refractivity contribution in [3.63, 3.8) is 0 Å². The number of hydrogen-bond acceptors (Lipinski definition) is 3. The van der Waals surface area contributed by atoms with Gasteiger partial charge in [0.15, 0.2) is 0 Å². The molecule has 20 heavy (non-hydrogen) atoms. The van der Waals surface area contributed by atoms with E-state index in [9.17, 15) is 5.11 Å². The summed E-state index contributed by atoms with van der Waals surface area (Å²) in [5, 5.41) is 9.62. The van der Waals surface area contributed by atoms with E-state index in [1.54, 1.807) is 7.11 Å². The third-order valence-corrected chi connectivity index (χ3v) is 5.77. The fraction of sp³-hybridized carbons (Fsp3) is 0.647. The monoisotopic (exact) mass is 275 g/mol. The summed E-state index contributed by atoms with van der Waals surface area (Å²) in [6, 6.07) is 7.09. The number of piperidine rings is 1. The van der Waals surface area contributed by atoms with E-state index in [1.807, 2.05) is 0 Å². The third kappa shape index (κ3) is 1.87. The number of fused-ring (bicyclic) bond motifs is 4. The number of benzene rings is 1. The van der Waals surface area contributed by atoms with Gasteiger partial charge in [0.2, 0.25) is 0 Å². The maximum Gasteiger partial charge on any atom is 0.119 e. The first kappa shape index (κ1) is 13.9. The minimum Gasteiger partial charge on any atom is -0.497 e. The second kappa shape index (κ2) is 5.05. The molecule has 3 heteroatoms. The van der Waals surface area contributed by atoms with Crippen molar-refractivity contribution < 1.29 is 9.84 Å². The van der Waals surface area contributed by atoms with Crippen LogP contribution in [0, 0.1) is 5.92 Å². The van der Waals surface area contributed by atoms with Crippen molar-refractivity contribution >= 4 is 0 Å². The number of ether oxygens (including phenoxy) is 1. The van der Waals surface area contributed by atoms with E-state index in [4.69, 9.17) is 4.74 Å². The molecule has 2 aliphatic rings. The Morgan fingerprint density at radius 2 is 2.25 bits per heavy atom. The van der Waals surface area contributed by atoms with Gasteiger partial charge in [-0.05, 0) is 62.0 Å². The lowest BCUT2D eigenvalue weighted by molar-refractivity contribution is 0.0265. The van der Waals surface area contributed by atoms with Crippen LogP contribution in [0.3, 0.4) is 0 Å². The molecular formula is C17H25NO2. The molecule has 0 radical (unpaired) electrons. The zero-order valence-electron chi connectivity index (χ0n) is 12.7. The highest BCUT2D eigenvalue weighted by atomic mass is 16.5. The molecule has 110 valence electrons. The van der Waals surface area contributed by atoms with E-state index < -0.39 is 0 Å². The van der Waals surface area contributed by atoms with Crippen molar-refractivity contribution in [3.05, 3.63) is 29.3 Å². The van der Waals surface area contributed by atoms with Crippen molar-refractivity contribution in [2.75, 3.05) is 27.3 Å². The Kier molecular flexibility index (Phi) is 3.51. The number of nitrogens with zero attached hydrogens (tertiary/aromatic N) is 1. The van der Waals surface area contributed by atoms with Crippen LogP contribution in [0.1, 0.15) is 30.9 Å². The van der Waals surface area contributed by atoms with Crippen LogP contribution in [0.15, 0.2) is 18.2 Å². The molecule has 1 aromatic rings. The Labute approximate surface area is 121 Å². The predicted octanol–water partition coefficient (Wildman–Crippen LogP) is 2.21. The summed E-state index contributed by atoms with van der Waals surface area (Å²) in [6.07, 6.45) is 3.10. The minimum atomic E-state index is 0.119. The number of rotatable bonds is 3. The molecule has 3 rings (SSSR count). The molecule has 2 bridgehead atoms. The summed E-state index contributed by atoms with van der Waals surface area (Å²) in [7, 11) is 3.96. The first-order chi connectivity index (χ1) is 9.62. The third-order valence-electron chi connectivity index (χ3n) is 5.77. The van der Waals surface area contributed by atoms with Gasteiger partial charge in [-0.15, -0.1) is 0 Å². The predicted molar refractivity (Wildman–Crippen MR) is 80.3 cm³/mol. The van der Waals surface area contributed by atoms with E-state index in [2.05, 4.69) is 37.1 Å². The Hall–Kier alpha value is -1.06. The van der Waals surface area contributed by atoms with Gasteiger partial charge in [0.25, 0.3) is 0 Å². The first-order valence-corrected chi connectivity index (χ1v) is 7.61. The molecule has 0 aromatic heterocycles. The van der Waals surface area contributed by atoms with E-state index >= 15 is 0 Å². The lowest BCUT2D eigenvalue weighted by Crippen LogP contribution is -2.58. The van der Waals surface area contributed by atoms with Gasteiger partial charge < -0.3 is 14.7 Å². The van der Waals surface area contributed by atoms with Crippen LogP contribution < -0.4 is 4.74 Å². The molecule has 1 saturated heterocycles. The number of hydrogen-bond donors (Lipinski definition) is 1. The van der Waals surface area contributed by atoms with Gasteiger partial charge in [0.1, 0.15) is 5.75 Å². The highest BCUT2D eigenvalue weighted by Gasteiger charge is 2.49. The summed E-state index contributed by atoms with van der Waals surface area (Å²) in [5.41, 5.74) is 2.98. The van der Waals surface area contributed by atoms with Gasteiger partial charge in [-0.2, -0.15) is 0 Å². The summed E-state index contributed by atoms with van der Waals surface area (Å²) in [6.45, 7) is 3.74. The summed E-state index contributed by atoms with van der Waals surface area (Å²) >= 11 is 0. The molecule has 1 fully saturated rings.